The molecule has 0 aromatic carbocycles. The molecule has 2 aliphatic heterocycles. The fourth-order valence-corrected chi connectivity index (χ4v) is 2.74. The van der Waals surface area contributed by atoms with Crippen molar-refractivity contribution in [3.63, 3.8) is 0 Å². The van der Waals surface area contributed by atoms with Gasteiger partial charge in [0.15, 0.2) is 0 Å². The Morgan fingerprint density at radius 2 is 1.38 bits per heavy atom. The van der Waals surface area contributed by atoms with Crippen LogP contribution in [0.25, 0.3) is 0 Å². The minimum absolute atomic E-state index is 0.00612. The highest BCUT2D eigenvalue weighted by molar-refractivity contribution is 4.95. The molecule has 10 nitrogen and oxygen atoms in total. The average molecular weight is 336 g/mol. The van der Waals surface area contributed by atoms with Crippen LogP contribution in [0.2, 0.25) is 0 Å². The smallest absolute Gasteiger partial charge is 0.101 e. The third kappa shape index (κ3) is 3.61. The van der Waals surface area contributed by atoms with Crippen LogP contribution in [0.4, 0.5) is 0 Å². The van der Waals surface area contributed by atoms with E-state index in [2.05, 4.69) is 20.6 Å². The molecule has 2 unspecified atom stereocenters. The van der Waals surface area contributed by atoms with Gasteiger partial charge in [-0.15, -0.1) is 10.2 Å². The van der Waals surface area contributed by atoms with Crippen LogP contribution in [0.1, 0.15) is 11.4 Å². The highest BCUT2D eigenvalue weighted by atomic mass is 16.6. The van der Waals surface area contributed by atoms with Crippen molar-refractivity contribution in [2.45, 2.75) is 38.5 Å². The van der Waals surface area contributed by atoms with Crippen molar-refractivity contribution in [2.75, 3.05) is 26.4 Å². The molecule has 2 aliphatic rings. The molecule has 0 N–H and O–H groups in total. The van der Waals surface area contributed by atoms with E-state index in [4.69, 9.17) is 18.9 Å². The molecule has 2 aromatic heterocycles. The van der Waals surface area contributed by atoms with E-state index in [0.29, 0.717) is 52.7 Å². The maximum absolute atomic E-state index is 5.69. The minimum atomic E-state index is 0.00612. The van der Waals surface area contributed by atoms with Crippen molar-refractivity contribution in [3.05, 3.63) is 23.8 Å². The van der Waals surface area contributed by atoms with Crippen molar-refractivity contribution >= 4 is 0 Å². The zero-order chi connectivity index (χ0) is 16.2. The van der Waals surface area contributed by atoms with Gasteiger partial charge >= 0.3 is 0 Å². The third-order valence-corrected chi connectivity index (χ3v) is 4.06. The van der Waals surface area contributed by atoms with E-state index < -0.39 is 0 Å². The maximum Gasteiger partial charge on any atom is 0.101 e. The van der Waals surface area contributed by atoms with Crippen LogP contribution in [-0.2, 0) is 45.3 Å². The van der Waals surface area contributed by atoms with E-state index >= 15 is 0 Å². The third-order valence-electron chi connectivity index (χ3n) is 4.06. The lowest BCUT2D eigenvalue weighted by Gasteiger charge is -2.24. The summed E-state index contributed by atoms with van der Waals surface area (Å²) >= 11 is 0. The summed E-state index contributed by atoms with van der Waals surface area (Å²) in [6.45, 7) is 4.48. The number of rotatable bonds is 7. The highest BCUT2D eigenvalue weighted by Gasteiger charge is 2.21. The second-order valence-corrected chi connectivity index (χ2v) is 5.83. The first-order valence-corrected chi connectivity index (χ1v) is 8.02. The van der Waals surface area contributed by atoms with Gasteiger partial charge in [0.2, 0.25) is 0 Å². The summed E-state index contributed by atoms with van der Waals surface area (Å²) in [6.07, 6.45) is 3.46. The van der Waals surface area contributed by atoms with Gasteiger partial charge in [-0.1, -0.05) is 10.4 Å². The van der Waals surface area contributed by atoms with Crippen molar-refractivity contribution < 1.29 is 18.9 Å². The molecular formula is C14H20N6O4. The Balaban J connectivity index is 1.08. The van der Waals surface area contributed by atoms with Crippen LogP contribution in [0.15, 0.2) is 12.4 Å². The predicted molar refractivity (Wildman–Crippen MR) is 78.8 cm³/mol. The number of hydrogen-bond acceptors (Lipinski definition) is 8. The maximum atomic E-state index is 5.69. The average Bonchev–Trinajstić information content (AvgIpc) is 3.25. The second-order valence-electron chi connectivity index (χ2n) is 5.83. The van der Waals surface area contributed by atoms with Gasteiger partial charge in [0, 0.05) is 0 Å². The van der Waals surface area contributed by atoms with Crippen LogP contribution < -0.4 is 0 Å². The van der Waals surface area contributed by atoms with Crippen molar-refractivity contribution in [3.8, 4) is 0 Å². The van der Waals surface area contributed by atoms with Crippen LogP contribution in [0, 0.1) is 0 Å². The zero-order valence-electron chi connectivity index (χ0n) is 13.3. The quantitative estimate of drug-likeness (QED) is 0.618. The molecule has 0 radical (unpaired) electrons. The Morgan fingerprint density at radius 3 is 1.88 bits per heavy atom. The van der Waals surface area contributed by atoms with Crippen molar-refractivity contribution in [1.82, 2.24) is 30.0 Å². The van der Waals surface area contributed by atoms with E-state index in [1.165, 1.54) is 0 Å². The summed E-state index contributed by atoms with van der Waals surface area (Å²) in [4.78, 5) is 0. The summed E-state index contributed by atoms with van der Waals surface area (Å²) in [5.41, 5.74) is 2.00. The van der Waals surface area contributed by atoms with Crippen LogP contribution in [0.3, 0.4) is 0 Å². The van der Waals surface area contributed by atoms with Gasteiger partial charge in [0.25, 0.3) is 0 Å². The first kappa shape index (κ1) is 15.6. The molecule has 4 heterocycles. The molecule has 0 aliphatic carbocycles. The Hall–Kier alpha value is -1.88. The van der Waals surface area contributed by atoms with Gasteiger partial charge in [0.05, 0.1) is 76.5 Å². The molecule has 0 saturated heterocycles. The fraction of sp³-hybridized carbons (Fsp3) is 0.714. The molecule has 2 atom stereocenters. The lowest BCUT2D eigenvalue weighted by Crippen LogP contribution is -2.33. The summed E-state index contributed by atoms with van der Waals surface area (Å²) in [7, 11) is 0. The summed E-state index contributed by atoms with van der Waals surface area (Å²) in [6, 6.07) is 0. The van der Waals surface area contributed by atoms with E-state index in [1.807, 2.05) is 9.36 Å². The molecule has 0 fully saturated rings. The van der Waals surface area contributed by atoms with Gasteiger partial charge in [-0.3, -0.25) is 0 Å². The lowest BCUT2D eigenvalue weighted by molar-refractivity contribution is -0.0777. The minimum Gasteiger partial charge on any atom is -0.376 e. The molecule has 4 rings (SSSR count). The van der Waals surface area contributed by atoms with Crippen molar-refractivity contribution in [1.29, 1.82) is 0 Å². The van der Waals surface area contributed by atoms with E-state index in [0.717, 1.165) is 11.4 Å². The van der Waals surface area contributed by atoms with Gasteiger partial charge in [-0.2, -0.15) is 0 Å². The van der Waals surface area contributed by atoms with Gasteiger partial charge in [-0.25, -0.2) is 9.36 Å². The Kier molecular flexibility index (Phi) is 4.78. The molecule has 0 saturated carbocycles. The number of nitrogens with zero attached hydrogens (tertiary/aromatic N) is 6. The van der Waals surface area contributed by atoms with E-state index in [-0.39, 0.29) is 12.2 Å². The van der Waals surface area contributed by atoms with Crippen LogP contribution in [-0.4, -0.2) is 68.6 Å². The summed E-state index contributed by atoms with van der Waals surface area (Å²) < 4.78 is 26.3. The molecule has 0 bridgehead atoms. The Bertz CT molecular complexity index is 603. The Morgan fingerprint density at radius 1 is 0.875 bits per heavy atom. The number of ether oxygens (including phenoxy) is 4. The van der Waals surface area contributed by atoms with Gasteiger partial charge < -0.3 is 18.9 Å². The number of aromatic nitrogens is 6. The zero-order valence-corrected chi connectivity index (χ0v) is 13.3. The highest BCUT2D eigenvalue weighted by Crippen LogP contribution is 2.12. The van der Waals surface area contributed by atoms with Crippen LogP contribution in [0.5, 0.6) is 0 Å². The molecule has 2 aromatic rings. The first-order valence-electron chi connectivity index (χ1n) is 8.02. The Labute approximate surface area is 138 Å². The largest absolute Gasteiger partial charge is 0.376 e. The standard InChI is InChI=1S/C14H20N6O4/c1(21-9-13-5-19-11(7-23-13)3-15-17-19)2-22-10-14-6-20-12(8-24-14)4-16-18-20/h3-4,13-14H,1-2,5-10H2. The first-order chi connectivity index (χ1) is 11.9. The van der Waals surface area contributed by atoms with Crippen molar-refractivity contribution in [2.24, 2.45) is 0 Å². The normalized spacial score (nSPS) is 23.0. The fourth-order valence-electron chi connectivity index (χ4n) is 2.74. The molecule has 0 spiro atoms. The SMILES string of the molecule is c1nnn2c1COC(COCCOCC1Cn3nncc3CO1)C2. The number of hydrogen-bond donors (Lipinski definition) is 0. The predicted octanol–water partition coefficient (Wildman–Crippen LogP) is -0.599. The molecule has 10 heteroatoms. The van der Waals surface area contributed by atoms with Crippen LogP contribution >= 0.6 is 0 Å². The topological polar surface area (TPSA) is 98.3 Å². The van der Waals surface area contributed by atoms with Gasteiger partial charge in [0.1, 0.15) is 12.2 Å². The summed E-state index contributed by atoms with van der Waals surface area (Å²) in [5, 5.41) is 15.7. The van der Waals surface area contributed by atoms with Gasteiger partial charge in [-0.05, 0) is 0 Å². The molecule has 24 heavy (non-hydrogen) atoms. The van der Waals surface area contributed by atoms with E-state index in [1.54, 1.807) is 12.4 Å². The second kappa shape index (κ2) is 7.34. The molecular weight excluding hydrogens is 316 g/mol. The molecule has 0 amide bonds. The summed E-state index contributed by atoms with van der Waals surface area (Å²) in [5.74, 6) is 0. The number of fused-ring (bicyclic) bond motifs is 2. The lowest BCUT2D eigenvalue weighted by atomic mass is 10.3. The monoisotopic (exact) mass is 336 g/mol. The molecule has 130 valence electrons. The van der Waals surface area contributed by atoms with E-state index in [9.17, 15) is 0 Å².